The van der Waals surface area contributed by atoms with Gasteiger partial charge in [-0.1, -0.05) is 12.1 Å². The second kappa shape index (κ2) is 4.90. The van der Waals surface area contributed by atoms with Crippen LogP contribution in [0.5, 0.6) is 0 Å². The highest BCUT2D eigenvalue weighted by Gasteiger charge is 2.42. The predicted molar refractivity (Wildman–Crippen MR) is 82.8 cm³/mol. The first-order chi connectivity index (χ1) is 11.8. The number of hydrogen-bond acceptors (Lipinski definition) is 10. The third-order valence-electron chi connectivity index (χ3n) is 3.66. The molecule has 14 heteroatoms. The average Bonchev–Trinajstić information content (AvgIpc) is 2.81. The van der Waals surface area contributed by atoms with Gasteiger partial charge in [-0.15, -0.1) is 7.26 Å². The summed E-state index contributed by atoms with van der Waals surface area (Å²) in [5, 5.41) is 0. The van der Waals surface area contributed by atoms with Crippen molar-refractivity contribution < 1.29 is 40.9 Å². The van der Waals surface area contributed by atoms with Crippen LogP contribution in [0.25, 0.3) is 11.1 Å². The highest BCUT2D eigenvalue weighted by Crippen LogP contribution is 2.39. The molecule has 0 saturated carbocycles. The highest BCUT2D eigenvalue weighted by molar-refractivity contribution is 8.03. The van der Waals surface area contributed by atoms with Crippen LogP contribution in [-0.4, -0.2) is 33.7 Å². The second-order valence-electron chi connectivity index (χ2n) is 5.28. The van der Waals surface area contributed by atoms with Crippen molar-refractivity contribution in [2.45, 2.75) is 19.6 Å². The first kappa shape index (κ1) is 17.6. The first-order valence-electron chi connectivity index (χ1n) is 6.54. The molecule has 0 bridgehead atoms. The SMILES string of the molecule is O=S1(=O)OS(=O)(=O)c2cc(-c3ccc4c(c3)S(=O)(=O)OS4(=O)=O)ccc21. The molecule has 0 amide bonds. The zero-order chi connectivity index (χ0) is 19.1. The number of rotatable bonds is 1. The third-order valence-corrected chi connectivity index (χ3v) is 10.3. The zero-order valence-electron chi connectivity index (χ0n) is 12.2. The lowest BCUT2D eigenvalue weighted by Crippen LogP contribution is -2.01. The van der Waals surface area contributed by atoms with Gasteiger partial charge in [0.2, 0.25) is 0 Å². The molecule has 4 rings (SSSR count). The molecule has 0 fully saturated rings. The van der Waals surface area contributed by atoms with Gasteiger partial charge in [0, 0.05) is 0 Å². The van der Waals surface area contributed by atoms with Crippen molar-refractivity contribution in [3.8, 4) is 11.1 Å². The molecule has 0 saturated heterocycles. The van der Waals surface area contributed by atoms with Crippen LogP contribution in [0.15, 0.2) is 56.0 Å². The molecule has 2 aromatic rings. The molecule has 2 aliphatic heterocycles. The lowest BCUT2D eigenvalue weighted by molar-refractivity contribution is 0.472. The van der Waals surface area contributed by atoms with E-state index in [9.17, 15) is 33.7 Å². The minimum Gasteiger partial charge on any atom is -0.193 e. The molecule has 2 aliphatic rings. The molecule has 2 heterocycles. The van der Waals surface area contributed by atoms with Crippen molar-refractivity contribution in [3.05, 3.63) is 36.4 Å². The largest absolute Gasteiger partial charge is 0.313 e. The predicted octanol–water partition coefficient (Wildman–Crippen LogP) is 0.169. The van der Waals surface area contributed by atoms with E-state index in [1.54, 1.807) is 0 Å². The average molecular weight is 438 g/mol. The topological polar surface area (TPSA) is 155 Å². The molecule has 0 aromatic heterocycles. The smallest absolute Gasteiger partial charge is 0.193 e. The Kier molecular flexibility index (Phi) is 3.31. The van der Waals surface area contributed by atoms with Gasteiger partial charge < -0.3 is 0 Å². The molecule has 2 aromatic carbocycles. The Morgan fingerprint density at radius 1 is 0.462 bits per heavy atom. The van der Waals surface area contributed by atoms with E-state index in [1.807, 2.05) is 0 Å². The van der Waals surface area contributed by atoms with Crippen LogP contribution >= 0.6 is 0 Å². The van der Waals surface area contributed by atoms with E-state index >= 15 is 0 Å². The van der Waals surface area contributed by atoms with Crippen molar-refractivity contribution in [1.29, 1.82) is 0 Å². The van der Waals surface area contributed by atoms with E-state index in [1.165, 1.54) is 12.1 Å². The van der Waals surface area contributed by atoms with Crippen LogP contribution in [0.3, 0.4) is 0 Å². The van der Waals surface area contributed by atoms with Gasteiger partial charge in [0.15, 0.2) is 0 Å². The van der Waals surface area contributed by atoms with Gasteiger partial charge in [0.05, 0.1) is 0 Å². The van der Waals surface area contributed by atoms with E-state index in [-0.39, 0.29) is 11.1 Å². The monoisotopic (exact) mass is 438 g/mol. The standard InChI is InChI=1S/C12H6O10S4/c13-23(14)9-3-1-7(5-11(9)25(17,18)21-23)8-2-4-10-12(6-8)26(19,20)22-24(10,15)16/h1-6H. The van der Waals surface area contributed by atoms with Crippen molar-refractivity contribution in [3.63, 3.8) is 0 Å². The van der Waals surface area contributed by atoms with Crippen LogP contribution in [0, 0.1) is 0 Å². The fourth-order valence-electron chi connectivity index (χ4n) is 2.56. The molecular formula is C12H6O10S4. The minimum absolute atomic E-state index is 0.135. The maximum atomic E-state index is 11.8. The normalized spacial score (nSPS) is 23.2. The lowest BCUT2D eigenvalue weighted by atomic mass is 10.1. The quantitative estimate of drug-likeness (QED) is 0.601. The molecule has 10 nitrogen and oxygen atoms in total. The maximum absolute atomic E-state index is 11.8. The van der Waals surface area contributed by atoms with Crippen molar-refractivity contribution >= 4 is 40.5 Å². The molecule has 26 heavy (non-hydrogen) atoms. The number of benzene rings is 2. The zero-order valence-corrected chi connectivity index (χ0v) is 15.4. The van der Waals surface area contributed by atoms with Gasteiger partial charge in [-0.3, -0.25) is 0 Å². The van der Waals surface area contributed by atoms with E-state index in [4.69, 9.17) is 0 Å². The second-order valence-corrected chi connectivity index (χ2v) is 11.8. The van der Waals surface area contributed by atoms with E-state index in [2.05, 4.69) is 7.26 Å². The van der Waals surface area contributed by atoms with Crippen LogP contribution < -0.4 is 0 Å². The summed E-state index contributed by atoms with van der Waals surface area (Å²) in [7, 11) is -17.9. The Morgan fingerprint density at radius 2 is 0.769 bits per heavy atom. The minimum atomic E-state index is -4.52. The molecule has 0 spiro atoms. The van der Waals surface area contributed by atoms with Gasteiger partial charge >= 0.3 is 40.5 Å². The summed E-state index contributed by atoms with van der Waals surface area (Å²) in [4.78, 5) is -2.27. The van der Waals surface area contributed by atoms with Gasteiger partial charge in [0.1, 0.15) is 19.6 Å². The fraction of sp³-hybridized carbons (Fsp3) is 0. The third kappa shape index (κ3) is 2.41. The molecule has 0 atom stereocenters. The molecule has 0 radical (unpaired) electrons. The Hall–Kier alpha value is -1.84. The van der Waals surface area contributed by atoms with Crippen LogP contribution in [0.4, 0.5) is 0 Å². The Morgan fingerprint density at radius 3 is 1.12 bits per heavy atom. The summed E-state index contributed by atoms with van der Waals surface area (Å²) < 4.78 is 102. The summed E-state index contributed by atoms with van der Waals surface area (Å²) in [5.41, 5.74) is 0.269. The molecule has 0 N–H and O–H groups in total. The summed E-state index contributed by atoms with van der Waals surface area (Å²) >= 11 is 0. The van der Waals surface area contributed by atoms with Crippen LogP contribution in [-0.2, 0) is 47.7 Å². The molecule has 138 valence electrons. The molecule has 0 aliphatic carbocycles. The Labute approximate surface area is 148 Å². The van der Waals surface area contributed by atoms with Gasteiger partial charge in [0.25, 0.3) is 0 Å². The number of hydrogen-bond donors (Lipinski definition) is 0. The van der Waals surface area contributed by atoms with Crippen molar-refractivity contribution in [2.75, 3.05) is 0 Å². The Bertz CT molecular complexity index is 1300. The van der Waals surface area contributed by atoms with Crippen LogP contribution in [0.1, 0.15) is 0 Å². The van der Waals surface area contributed by atoms with Crippen molar-refractivity contribution in [2.24, 2.45) is 0 Å². The number of fused-ring (bicyclic) bond motifs is 2. The van der Waals surface area contributed by atoms with E-state index < -0.39 is 60.1 Å². The highest BCUT2D eigenvalue weighted by atomic mass is 32.3. The molecular weight excluding hydrogens is 432 g/mol. The summed E-state index contributed by atoms with van der Waals surface area (Å²) in [6.07, 6.45) is 0. The van der Waals surface area contributed by atoms with Crippen molar-refractivity contribution in [1.82, 2.24) is 0 Å². The molecule has 0 unspecified atom stereocenters. The lowest BCUT2D eigenvalue weighted by Gasteiger charge is -2.04. The summed E-state index contributed by atoms with van der Waals surface area (Å²) in [6.45, 7) is 0. The Balaban J connectivity index is 1.96. The first-order valence-corrected chi connectivity index (χ1v) is 12.2. The van der Waals surface area contributed by atoms with E-state index in [0.29, 0.717) is 0 Å². The van der Waals surface area contributed by atoms with Gasteiger partial charge in [-0.2, -0.15) is 33.7 Å². The van der Waals surface area contributed by atoms with E-state index in [0.717, 1.165) is 24.3 Å². The summed E-state index contributed by atoms with van der Waals surface area (Å²) in [5.74, 6) is 0. The fourth-order valence-corrected chi connectivity index (χ4v) is 9.10. The van der Waals surface area contributed by atoms with Gasteiger partial charge in [-0.05, 0) is 35.4 Å². The van der Waals surface area contributed by atoms with Gasteiger partial charge in [-0.25, -0.2) is 0 Å². The van der Waals surface area contributed by atoms with Crippen LogP contribution in [0.2, 0.25) is 0 Å². The maximum Gasteiger partial charge on any atom is 0.313 e. The summed E-state index contributed by atoms with van der Waals surface area (Å²) in [6, 6.07) is 6.46.